The third kappa shape index (κ3) is 4.61. The van der Waals surface area contributed by atoms with E-state index in [1.54, 1.807) is 0 Å². The van der Waals surface area contributed by atoms with Crippen LogP contribution in [0.1, 0.15) is 39.5 Å². The van der Waals surface area contributed by atoms with E-state index in [1.807, 2.05) is 58.0 Å². The predicted molar refractivity (Wildman–Crippen MR) is 119 cm³/mol. The van der Waals surface area contributed by atoms with E-state index in [-0.39, 0.29) is 13.2 Å². The molecule has 0 bridgehead atoms. The lowest BCUT2D eigenvalue weighted by atomic mass is 9.97. The Morgan fingerprint density at radius 2 is 1.50 bits per heavy atom. The van der Waals surface area contributed by atoms with Crippen molar-refractivity contribution in [2.45, 2.75) is 107 Å². The first-order chi connectivity index (χ1) is 17.1. The summed E-state index contributed by atoms with van der Waals surface area (Å²) in [5.41, 5.74) is 0.821. The van der Waals surface area contributed by atoms with Gasteiger partial charge in [-0.15, -0.1) is 0 Å². The van der Waals surface area contributed by atoms with Crippen LogP contribution < -0.4 is 0 Å². The molecule has 11 nitrogen and oxygen atoms in total. The molecule has 5 heterocycles. The number of aliphatic hydroxyl groups is 2. The summed E-state index contributed by atoms with van der Waals surface area (Å²) >= 11 is 0. The fraction of sp³-hybridized carbons (Fsp3) is 0.760. The Morgan fingerprint density at radius 3 is 2.28 bits per heavy atom. The van der Waals surface area contributed by atoms with Crippen LogP contribution in [-0.4, -0.2) is 96.4 Å². The number of fused-ring (bicyclic) bond motifs is 4. The zero-order valence-corrected chi connectivity index (χ0v) is 20.7. The highest BCUT2D eigenvalue weighted by molar-refractivity contribution is 5.16. The molecule has 0 aliphatic carbocycles. The van der Waals surface area contributed by atoms with Gasteiger partial charge in [0, 0.05) is 5.56 Å². The van der Waals surface area contributed by atoms with Crippen LogP contribution in [0, 0.1) is 0 Å². The minimum absolute atomic E-state index is 0.00774. The van der Waals surface area contributed by atoms with Gasteiger partial charge in [0.2, 0.25) is 0 Å². The molecule has 0 amide bonds. The summed E-state index contributed by atoms with van der Waals surface area (Å²) in [4.78, 5) is 0. The molecule has 5 aliphatic rings. The van der Waals surface area contributed by atoms with Gasteiger partial charge in [0.15, 0.2) is 30.4 Å². The van der Waals surface area contributed by atoms with Crippen LogP contribution in [0.2, 0.25) is 0 Å². The van der Waals surface area contributed by atoms with Crippen molar-refractivity contribution in [3.05, 3.63) is 35.9 Å². The molecule has 11 heteroatoms. The van der Waals surface area contributed by atoms with E-state index in [0.717, 1.165) is 5.56 Å². The zero-order chi connectivity index (χ0) is 25.2. The van der Waals surface area contributed by atoms with Gasteiger partial charge in [-0.25, -0.2) is 0 Å². The van der Waals surface area contributed by atoms with E-state index in [0.29, 0.717) is 0 Å². The van der Waals surface area contributed by atoms with E-state index in [2.05, 4.69) is 0 Å². The van der Waals surface area contributed by atoms with Crippen molar-refractivity contribution in [2.24, 2.45) is 0 Å². The monoisotopic (exact) mass is 510 g/mol. The fourth-order valence-corrected chi connectivity index (χ4v) is 5.51. The molecule has 36 heavy (non-hydrogen) atoms. The first-order valence-electron chi connectivity index (χ1n) is 12.4. The highest BCUT2D eigenvalue weighted by Crippen LogP contribution is 2.44. The third-order valence-electron chi connectivity index (χ3n) is 7.08. The molecule has 0 saturated carbocycles. The van der Waals surface area contributed by atoms with Gasteiger partial charge in [-0.1, -0.05) is 30.3 Å². The van der Waals surface area contributed by atoms with Gasteiger partial charge in [-0.05, 0) is 27.7 Å². The maximum Gasteiger partial charge on any atom is 0.190 e. The molecular weight excluding hydrogens is 476 g/mol. The van der Waals surface area contributed by atoms with Crippen LogP contribution in [0.15, 0.2) is 30.3 Å². The highest BCUT2D eigenvalue weighted by atomic mass is 16.9. The number of hydrogen-bond acceptors (Lipinski definition) is 11. The molecule has 0 unspecified atom stereocenters. The number of benzene rings is 1. The molecule has 6 rings (SSSR count). The van der Waals surface area contributed by atoms with Crippen molar-refractivity contribution in [1.29, 1.82) is 0 Å². The van der Waals surface area contributed by atoms with E-state index < -0.39 is 79.3 Å². The van der Waals surface area contributed by atoms with Crippen LogP contribution in [0.3, 0.4) is 0 Å². The van der Waals surface area contributed by atoms with Gasteiger partial charge in [-0.2, -0.15) is 0 Å². The van der Waals surface area contributed by atoms with Gasteiger partial charge < -0.3 is 52.8 Å². The number of rotatable bonds is 4. The maximum absolute atomic E-state index is 10.8. The standard InChI is InChI=1S/C25H34O11/c1-24(2)33-18-14(31-23-20(19(18)34-24)35-25(3,4)36-23)11-29-22-16(27)15(26)17-13(30-22)10-28-21(32-17)12-8-6-5-7-9-12/h5-9,13-23,26-27H,10-11H2,1-4H3/t13-,14-,15-,16+,17-,18+,19+,20-,21-,22+,23-/m1/s1. The predicted octanol–water partition coefficient (Wildman–Crippen LogP) is 0.960. The summed E-state index contributed by atoms with van der Waals surface area (Å²) in [5, 5.41) is 21.6. The van der Waals surface area contributed by atoms with Crippen LogP contribution in [0.5, 0.6) is 0 Å². The van der Waals surface area contributed by atoms with Crippen molar-refractivity contribution in [1.82, 2.24) is 0 Å². The molecule has 5 aliphatic heterocycles. The normalized spacial score (nSPS) is 47.1. The Labute approximate surface area is 209 Å². The molecule has 11 atom stereocenters. The van der Waals surface area contributed by atoms with E-state index >= 15 is 0 Å². The Hall–Kier alpha value is -1.22. The summed E-state index contributed by atoms with van der Waals surface area (Å²) in [6, 6.07) is 9.41. The van der Waals surface area contributed by atoms with E-state index in [1.165, 1.54) is 0 Å². The Morgan fingerprint density at radius 1 is 0.806 bits per heavy atom. The molecule has 200 valence electrons. The lowest BCUT2D eigenvalue weighted by molar-refractivity contribution is -0.365. The van der Waals surface area contributed by atoms with Crippen molar-refractivity contribution in [2.75, 3.05) is 13.2 Å². The number of ether oxygens (including phenoxy) is 9. The van der Waals surface area contributed by atoms with Crippen LogP contribution in [-0.2, 0) is 42.6 Å². The van der Waals surface area contributed by atoms with Crippen molar-refractivity contribution >= 4 is 0 Å². The van der Waals surface area contributed by atoms with Crippen molar-refractivity contribution in [3.63, 3.8) is 0 Å². The van der Waals surface area contributed by atoms with Crippen LogP contribution >= 0.6 is 0 Å². The summed E-state index contributed by atoms with van der Waals surface area (Å²) in [6.45, 7) is 7.47. The maximum atomic E-state index is 10.8. The minimum Gasteiger partial charge on any atom is -0.387 e. The molecular formula is C25H34O11. The average molecular weight is 511 g/mol. The average Bonchev–Trinajstić information content (AvgIpc) is 3.34. The molecule has 0 aromatic heterocycles. The Bertz CT molecular complexity index is 924. The topological polar surface area (TPSA) is 124 Å². The van der Waals surface area contributed by atoms with Gasteiger partial charge in [-0.3, -0.25) is 0 Å². The molecule has 5 saturated heterocycles. The second-order valence-electron chi connectivity index (χ2n) is 10.7. The molecule has 5 fully saturated rings. The Balaban J connectivity index is 1.11. The lowest BCUT2D eigenvalue weighted by Gasteiger charge is -2.46. The molecule has 0 radical (unpaired) electrons. The van der Waals surface area contributed by atoms with Gasteiger partial charge in [0.1, 0.15) is 48.8 Å². The first kappa shape index (κ1) is 25.1. The summed E-state index contributed by atoms with van der Waals surface area (Å²) in [5.74, 6) is -1.66. The van der Waals surface area contributed by atoms with Gasteiger partial charge in [0.25, 0.3) is 0 Å². The third-order valence-corrected chi connectivity index (χ3v) is 7.08. The second kappa shape index (κ2) is 9.21. The lowest BCUT2D eigenvalue weighted by Crippen LogP contribution is -2.63. The fourth-order valence-electron chi connectivity index (χ4n) is 5.51. The zero-order valence-electron chi connectivity index (χ0n) is 20.7. The van der Waals surface area contributed by atoms with Crippen LogP contribution in [0.4, 0.5) is 0 Å². The van der Waals surface area contributed by atoms with Crippen molar-refractivity contribution < 1.29 is 52.8 Å². The summed E-state index contributed by atoms with van der Waals surface area (Å²) in [6.07, 6.45) is -8.31. The first-order valence-corrected chi connectivity index (χ1v) is 12.4. The van der Waals surface area contributed by atoms with E-state index in [9.17, 15) is 10.2 Å². The molecule has 2 N–H and O–H groups in total. The molecule has 1 aromatic carbocycles. The Kier molecular flexibility index (Phi) is 6.42. The second-order valence-corrected chi connectivity index (χ2v) is 10.7. The number of aliphatic hydroxyl groups excluding tert-OH is 2. The van der Waals surface area contributed by atoms with Crippen molar-refractivity contribution in [3.8, 4) is 0 Å². The smallest absolute Gasteiger partial charge is 0.190 e. The van der Waals surface area contributed by atoms with Gasteiger partial charge >= 0.3 is 0 Å². The quantitative estimate of drug-likeness (QED) is 0.602. The number of hydrogen-bond donors (Lipinski definition) is 2. The van der Waals surface area contributed by atoms with Gasteiger partial charge in [0.05, 0.1) is 13.2 Å². The van der Waals surface area contributed by atoms with Crippen LogP contribution in [0.25, 0.3) is 0 Å². The summed E-state index contributed by atoms with van der Waals surface area (Å²) < 4.78 is 54.0. The van der Waals surface area contributed by atoms with E-state index in [4.69, 9.17) is 42.6 Å². The molecule has 0 spiro atoms. The SMILES string of the molecule is CC1(C)O[C@H]2[C@@H](O1)[C@@H](CO[C@H]1O[C@@H]3CO[C@@H](c4ccccc4)O[C@H]3[C@H](O)[C@@H]1O)O[C@@H]1OC(C)(C)O[C@@H]12. The molecule has 1 aromatic rings. The minimum atomic E-state index is -1.34. The highest BCUT2D eigenvalue weighted by Gasteiger charge is 2.61. The summed E-state index contributed by atoms with van der Waals surface area (Å²) in [7, 11) is 0. The largest absolute Gasteiger partial charge is 0.387 e.